The van der Waals surface area contributed by atoms with E-state index >= 15 is 0 Å². The fraction of sp³-hybridized carbons (Fsp3) is 0.714. The summed E-state index contributed by atoms with van der Waals surface area (Å²) in [6, 6.07) is -4.01. The number of carbonyl (C=O) groups excluding carboxylic acids is 2. The third-order valence-electron chi connectivity index (χ3n) is 3.41. The van der Waals surface area contributed by atoms with Crippen molar-refractivity contribution in [2.75, 3.05) is 6.54 Å². The minimum Gasteiger partial charge on any atom is -0.480 e. The Balaban J connectivity index is 4.79. The van der Waals surface area contributed by atoms with Crippen LogP contribution >= 0.6 is 0 Å². The monoisotopic (exact) mass is 376 g/mol. The molecule has 0 fully saturated rings. The highest BCUT2D eigenvalue weighted by atomic mass is 16.4. The van der Waals surface area contributed by atoms with Crippen LogP contribution < -0.4 is 27.8 Å². The Morgan fingerprint density at radius 1 is 1.00 bits per heavy atom. The molecule has 0 rings (SSSR count). The minimum absolute atomic E-state index is 0.0834. The molecule has 12 heteroatoms. The van der Waals surface area contributed by atoms with E-state index in [0.29, 0.717) is 6.42 Å². The largest absolute Gasteiger partial charge is 0.480 e. The van der Waals surface area contributed by atoms with E-state index < -0.39 is 48.1 Å². The smallest absolute Gasteiger partial charge is 0.328 e. The molecule has 0 unspecified atom stereocenters. The summed E-state index contributed by atoms with van der Waals surface area (Å²) in [6.45, 7) is 2.70. The van der Waals surface area contributed by atoms with E-state index in [2.05, 4.69) is 15.6 Å². The van der Waals surface area contributed by atoms with E-state index in [0.717, 1.165) is 0 Å². The first-order chi connectivity index (χ1) is 12.0. The third-order valence-corrected chi connectivity index (χ3v) is 3.41. The predicted octanol–water partition coefficient (Wildman–Crippen LogP) is -3.82. The molecule has 150 valence electrons. The molecule has 0 aromatic heterocycles. The number of hydrogen-bond acceptors (Lipinski definition) is 7. The summed E-state index contributed by atoms with van der Waals surface area (Å²) in [4.78, 5) is 39.0. The van der Waals surface area contributed by atoms with Crippen LogP contribution in [0.3, 0.4) is 0 Å². The number of hydrogen-bond donors (Lipinski definition) is 8. The second kappa shape index (κ2) is 11.2. The second-order valence-corrected chi connectivity index (χ2v) is 5.85. The van der Waals surface area contributed by atoms with Gasteiger partial charge in [-0.1, -0.05) is 0 Å². The highest BCUT2D eigenvalue weighted by Gasteiger charge is 2.32. The number of aliphatic hydroxyl groups excluding tert-OH is 2. The average molecular weight is 376 g/mol. The zero-order chi connectivity index (χ0) is 20.4. The van der Waals surface area contributed by atoms with Gasteiger partial charge in [0, 0.05) is 6.54 Å². The molecule has 0 aromatic carbocycles. The normalized spacial score (nSPS) is 16.5. The lowest BCUT2D eigenvalue weighted by Crippen LogP contribution is -2.59. The fourth-order valence-corrected chi connectivity index (χ4v) is 1.95. The first kappa shape index (κ1) is 23.6. The van der Waals surface area contributed by atoms with Crippen LogP contribution in [0.25, 0.3) is 0 Å². The summed E-state index contributed by atoms with van der Waals surface area (Å²) in [6.07, 6.45) is -2.06. The molecule has 0 saturated heterocycles. The predicted molar refractivity (Wildman–Crippen MR) is 92.7 cm³/mol. The molecule has 0 heterocycles. The lowest BCUT2D eigenvalue weighted by atomic mass is 10.1. The van der Waals surface area contributed by atoms with Crippen molar-refractivity contribution in [3.8, 4) is 0 Å². The van der Waals surface area contributed by atoms with Gasteiger partial charge in [0.25, 0.3) is 0 Å². The Labute approximate surface area is 150 Å². The number of guanidine groups is 1. The third kappa shape index (κ3) is 8.60. The van der Waals surface area contributed by atoms with Crippen LogP contribution in [0.15, 0.2) is 4.99 Å². The standard InChI is InChI=1S/C14H28N6O6/c1-6(21)9(12(24)20-10(7(2)22)13(25)26)19-11(23)8(15)4-3-5-18-14(16)17/h6-10,21-22H,3-5,15H2,1-2H3,(H,19,23)(H,20,24)(H,25,26)(H4,16,17,18)/t6-,7-,8+,9+,10+/m1/s1. The molecule has 0 radical (unpaired) electrons. The van der Waals surface area contributed by atoms with Crippen molar-refractivity contribution in [3.63, 3.8) is 0 Å². The maximum Gasteiger partial charge on any atom is 0.328 e. The van der Waals surface area contributed by atoms with E-state index in [1.807, 2.05) is 0 Å². The summed E-state index contributed by atoms with van der Waals surface area (Å²) in [5.41, 5.74) is 16.0. The van der Waals surface area contributed by atoms with Gasteiger partial charge in [0.1, 0.15) is 6.04 Å². The molecule has 5 atom stereocenters. The lowest BCUT2D eigenvalue weighted by Gasteiger charge is -2.25. The van der Waals surface area contributed by atoms with Crippen LogP contribution in [0, 0.1) is 0 Å². The number of aliphatic imine (C=N–C) groups is 1. The van der Waals surface area contributed by atoms with Crippen molar-refractivity contribution in [1.82, 2.24) is 10.6 Å². The fourth-order valence-electron chi connectivity index (χ4n) is 1.95. The van der Waals surface area contributed by atoms with E-state index in [1.165, 1.54) is 13.8 Å². The molecular formula is C14H28N6O6. The van der Waals surface area contributed by atoms with Crippen molar-refractivity contribution in [2.24, 2.45) is 22.2 Å². The summed E-state index contributed by atoms with van der Waals surface area (Å²) < 4.78 is 0. The Morgan fingerprint density at radius 3 is 1.92 bits per heavy atom. The van der Waals surface area contributed by atoms with Crippen LogP contribution in [-0.2, 0) is 14.4 Å². The molecule has 2 amide bonds. The minimum atomic E-state index is -1.59. The van der Waals surface area contributed by atoms with Crippen LogP contribution in [0.5, 0.6) is 0 Å². The topological polar surface area (TPSA) is 226 Å². The molecule has 0 aliphatic rings. The van der Waals surface area contributed by atoms with Gasteiger partial charge in [-0.05, 0) is 26.7 Å². The number of carboxylic acid groups (broad SMARTS) is 1. The van der Waals surface area contributed by atoms with E-state index in [1.54, 1.807) is 0 Å². The molecule has 11 N–H and O–H groups in total. The van der Waals surface area contributed by atoms with Crippen molar-refractivity contribution >= 4 is 23.7 Å². The van der Waals surface area contributed by atoms with Crippen LogP contribution in [0.1, 0.15) is 26.7 Å². The van der Waals surface area contributed by atoms with Crippen LogP contribution in [0.2, 0.25) is 0 Å². The van der Waals surface area contributed by atoms with Gasteiger partial charge in [-0.3, -0.25) is 14.6 Å². The molecular weight excluding hydrogens is 348 g/mol. The van der Waals surface area contributed by atoms with Crippen molar-refractivity contribution in [1.29, 1.82) is 0 Å². The van der Waals surface area contributed by atoms with Gasteiger partial charge in [-0.25, -0.2) is 4.79 Å². The number of carbonyl (C=O) groups is 3. The number of rotatable bonds is 11. The Morgan fingerprint density at radius 2 is 1.50 bits per heavy atom. The zero-order valence-electron chi connectivity index (χ0n) is 14.8. The number of aliphatic carboxylic acids is 1. The van der Waals surface area contributed by atoms with Gasteiger partial charge < -0.3 is 43.2 Å². The molecule has 0 bridgehead atoms. The summed E-state index contributed by atoms with van der Waals surface area (Å²) in [5, 5.41) is 32.4. The van der Waals surface area contributed by atoms with Crippen molar-refractivity contribution < 1.29 is 29.7 Å². The summed E-state index contributed by atoms with van der Waals surface area (Å²) >= 11 is 0. The number of nitrogens with two attached hydrogens (primary N) is 3. The molecule has 0 aromatic rings. The first-order valence-electron chi connectivity index (χ1n) is 7.98. The van der Waals surface area contributed by atoms with Crippen LogP contribution in [-0.4, -0.2) is 75.9 Å². The van der Waals surface area contributed by atoms with Gasteiger partial charge in [0.15, 0.2) is 12.0 Å². The Bertz CT molecular complexity index is 520. The maximum absolute atomic E-state index is 12.2. The molecule has 0 spiro atoms. The number of nitrogens with zero attached hydrogens (tertiary/aromatic N) is 1. The first-order valence-corrected chi connectivity index (χ1v) is 7.98. The van der Waals surface area contributed by atoms with Crippen molar-refractivity contribution in [2.45, 2.75) is 57.0 Å². The zero-order valence-corrected chi connectivity index (χ0v) is 14.8. The number of aliphatic hydroxyl groups is 2. The van der Waals surface area contributed by atoms with E-state index in [4.69, 9.17) is 22.3 Å². The Kier molecular flexibility index (Phi) is 10.2. The lowest BCUT2D eigenvalue weighted by molar-refractivity contribution is -0.145. The molecule has 26 heavy (non-hydrogen) atoms. The van der Waals surface area contributed by atoms with Gasteiger partial charge in [0.05, 0.1) is 18.2 Å². The van der Waals surface area contributed by atoms with Gasteiger partial charge in [-0.15, -0.1) is 0 Å². The number of carboxylic acids is 1. The number of nitrogens with one attached hydrogen (secondary N) is 2. The molecule has 0 saturated carbocycles. The van der Waals surface area contributed by atoms with Crippen LogP contribution in [0.4, 0.5) is 0 Å². The quantitative estimate of drug-likeness (QED) is 0.100. The highest BCUT2D eigenvalue weighted by Crippen LogP contribution is 2.01. The molecule has 0 aliphatic carbocycles. The average Bonchev–Trinajstić information content (AvgIpc) is 2.52. The number of amides is 2. The summed E-state index contributed by atoms with van der Waals surface area (Å²) in [7, 11) is 0. The SMILES string of the molecule is C[C@@H](O)[C@H](NC(=O)[C@@H](NC(=O)[C@@H](N)CCCN=C(N)N)[C@@H](C)O)C(=O)O. The molecule has 0 aliphatic heterocycles. The maximum atomic E-state index is 12.2. The second-order valence-electron chi connectivity index (χ2n) is 5.85. The van der Waals surface area contributed by atoms with Gasteiger partial charge in [-0.2, -0.15) is 0 Å². The summed E-state index contributed by atoms with van der Waals surface area (Å²) in [5.74, 6) is -3.21. The van der Waals surface area contributed by atoms with Gasteiger partial charge >= 0.3 is 5.97 Å². The molecule has 12 nitrogen and oxygen atoms in total. The van der Waals surface area contributed by atoms with E-state index in [9.17, 15) is 24.6 Å². The van der Waals surface area contributed by atoms with E-state index in [-0.39, 0.29) is 18.9 Å². The van der Waals surface area contributed by atoms with Gasteiger partial charge in [0.2, 0.25) is 11.8 Å². The Hall–Kier alpha value is -2.44. The van der Waals surface area contributed by atoms with Crippen molar-refractivity contribution in [3.05, 3.63) is 0 Å². The highest BCUT2D eigenvalue weighted by molar-refractivity contribution is 5.92.